The van der Waals surface area contributed by atoms with Crippen molar-refractivity contribution >= 4 is 54.5 Å². The zero-order chi connectivity index (χ0) is 36.3. The van der Waals surface area contributed by atoms with Gasteiger partial charge in [0, 0.05) is 16.3 Å². The third-order valence-corrected chi connectivity index (χ3v) is 10.7. The van der Waals surface area contributed by atoms with Gasteiger partial charge in [-0.15, -0.1) is 17.7 Å². The van der Waals surface area contributed by atoms with Gasteiger partial charge < -0.3 is 4.42 Å². The molecule has 11 aromatic rings. The Morgan fingerprint density at radius 3 is 1.64 bits per heavy atom. The molecule has 0 radical (unpaired) electrons. The minimum absolute atomic E-state index is 0. The van der Waals surface area contributed by atoms with Crippen LogP contribution in [0.5, 0.6) is 0 Å². The fraction of sp³-hybridized carbons (Fsp3) is 0. The monoisotopic (exact) mass is 936 g/mol. The summed E-state index contributed by atoms with van der Waals surface area (Å²) in [5.74, 6) is 0. The van der Waals surface area contributed by atoms with Crippen LogP contribution in [0.1, 0.15) is 0 Å². The molecule has 0 saturated heterocycles. The topological polar surface area (TPSA) is 38.9 Å². The largest absolute Gasteiger partial charge is 2.00 e. The summed E-state index contributed by atoms with van der Waals surface area (Å²) in [5, 5.41) is 6.71. The predicted molar refractivity (Wildman–Crippen MR) is 227 cm³/mol. The Balaban J connectivity index is 0.00000384. The zero-order valence-corrected chi connectivity index (χ0v) is 34.3. The smallest absolute Gasteiger partial charge is 0.500 e. The molecule has 0 spiro atoms. The number of hydrogen-bond donors (Lipinski definition) is 0. The summed E-state index contributed by atoms with van der Waals surface area (Å²) in [6.07, 6.45) is 1.90. The first-order chi connectivity index (χ1) is 27.2. The molecule has 2 heterocycles. The van der Waals surface area contributed by atoms with Crippen LogP contribution in [0.2, 0.25) is 0 Å². The first-order valence-corrected chi connectivity index (χ1v) is 18.5. The van der Waals surface area contributed by atoms with E-state index in [-0.39, 0.29) is 31.1 Å². The number of rotatable bonds is 5. The molecular weight excluding hydrogens is 907 g/mol. The average Bonchev–Trinajstić information content (AvgIpc) is 3.65. The van der Waals surface area contributed by atoms with Crippen LogP contribution in [0.3, 0.4) is 0 Å². The van der Waals surface area contributed by atoms with Crippen molar-refractivity contribution in [3.63, 3.8) is 0 Å². The van der Waals surface area contributed by atoms with Gasteiger partial charge in [-0.2, -0.15) is 35.4 Å². The maximum absolute atomic E-state index is 6.02. The van der Waals surface area contributed by atoms with E-state index in [1.54, 1.807) is 0 Å². The molecule has 0 aliphatic carbocycles. The van der Waals surface area contributed by atoms with Gasteiger partial charge in [0.25, 0.3) is 0 Å². The number of aromatic nitrogens is 2. The number of fused-ring (bicyclic) bond motifs is 9. The maximum atomic E-state index is 6.02. The van der Waals surface area contributed by atoms with E-state index in [4.69, 9.17) is 14.4 Å². The Bertz CT molecular complexity index is 3220. The minimum Gasteiger partial charge on any atom is -0.500 e. The van der Waals surface area contributed by atoms with Gasteiger partial charge in [-0.05, 0) is 50.5 Å². The van der Waals surface area contributed by atoms with Crippen LogP contribution in [0.15, 0.2) is 187 Å². The average molecular weight is 937 g/mol. The van der Waals surface area contributed by atoms with Gasteiger partial charge in [-0.25, -0.2) is 4.98 Å². The Kier molecular flexibility index (Phi) is 8.60. The summed E-state index contributed by atoms with van der Waals surface area (Å²) in [6.45, 7) is 0. The molecule has 11 rings (SSSR count). The second-order valence-corrected chi connectivity index (χ2v) is 14.0. The molecule has 0 aliphatic rings. The van der Waals surface area contributed by atoms with E-state index >= 15 is 0 Å². The van der Waals surface area contributed by atoms with Crippen LogP contribution in [-0.2, 0) is 0 Å². The molecule has 0 saturated carbocycles. The third kappa shape index (κ3) is 5.91. The van der Waals surface area contributed by atoms with Crippen LogP contribution in [0.4, 0.5) is 0 Å². The molecule has 0 bridgehead atoms. The molecule has 9 aromatic carbocycles. The van der Waals surface area contributed by atoms with Crippen molar-refractivity contribution in [2.45, 2.75) is 0 Å². The predicted octanol–water partition coefficient (Wildman–Crippen LogP) is 13.8. The first kappa shape index (κ1) is 34.2. The number of furan rings is 1. The Morgan fingerprint density at radius 1 is 0.375 bits per heavy atom. The first-order valence-electron chi connectivity index (χ1n) is 18.5. The van der Waals surface area contributed by atoms with E-state index < -0.39 is 0 Å². The summed E-state index contributed by atoms with van der Waals surface area (Å²) in [4.78, 5) is 10.1. The van der Waals surface area contributed by atoms with E-state index in [1.165, 1.54) is 16.3 Å². The molecule has 3 nitrogen and oxygen atoms in total. The van der Waals surface area contributed by atoms with Gasteiger partial charge >= 0.3 is 31.1 Å². The second kappa shape index (κ2) is 14.1. The summed E-state index contributed by atoms with van der Waals surface area (Å²) >= 11 is 0. The zero-order valence-electron chi connectivity index (χ0n) is 30.1. The molecule has 56 heavy (non-hydrogen) atoms. The van der Waals surface area contributed by atoms with Gasteiger partial charge in [-0.1, -0.05) is 150 Å². The fourth-order valence-electron chi connectivity index (χ4n) is 7.91. The van der Waals surface area contributed by atoms with Gasteiger partial charge in [0.2, 0.25) is 0 Å². The summed E-state index contributed by atoms with van der Waals surface area (Å²) in [6, 6.07) is 68.8. The van der Waals surface area contributed by atoms with E-state index in [0.29, 0.717) is 0 Å². The van der Waals surface area contributed by atoms with Crippen LogP contribution in [0, 0.1) is 43.2 Å². The third-order valence-electron chi connectivity index (χ3n) is 10.7. The molecule has 258 valence electrons. The van der Waals surface area contributed by atoms with E-state index in [9.17, 15) is 0 Å². The molecule has 0 atom stereocenters. The van der Waals surface area contributed by atoms with Crippen molar-refractivity contribution < 1.29 is 35.5 Å². The fourth-order valence-corrected chi connectivity index (χ4v) is 7.91. The molecule has 2 aromatic heterocycles. The second-order valence-electron chi connectivity index (χ2n) is 14.0. The van der Waals surface area contributed by atoms with Crippen molar-refractivity contribution in [1.82, 2.24) is 9.97 Å². The number of para-hydroxylation sites is 1. The molecular formula is C52H30N2OU. The van der Waals surface area contributed by atoms with Crippen molar-refractivity contribution in [3.8, 4) is 55.8 Å². The Morgan fingerprint density at radius 2 is 0.929 bits per heavy atom. The molecule has 0 N–H and O–H groups in total. The molecule has 0 fully saturated rings. The quantitative estimate of drug-likeness (QED) is 0.127. The Hall–Kier alpha value is -6.31. The molecule has 4 heteroatoms. The van der Waals surface area contributed by atoms with E-state index in [1.807, 2.05) is 30.5 Å². The molecule has 0 amide bonds. The van der Waals surface area contributed by atoms with Gasteiger partial charge in [0.1, 0.15) is 0 Å². The number of nitrogens with zero attached hydrogens (tertiary/aromatic N) is 2. The van der Waals surface area contributed by atoms with E-state index in [2.05, 4.69) is 164 Å². The van der Waals surface area contributed by atoms with Crippen molar-refractivity contribution in [2.75, 3.05) is 0 Å². The van der Waals surface area contributed by atoms with E-state index in [0.717, 1.165) is 93.9 Å². The number of hydrogen-bond acceptors (Lipinski definition) is 3. The normalized spacial score (nSPS) is 11.4. The molecule has 0 unspecified atom stereocenters. The van der Waals surface area contributed by atoms with Crippen LogP contribution < -0.4 is 0 Å². The van der Waals surface area contributed by atoms with Crippen molar-refractivity contribution in [2.24, 2.45) is 0 Å². The van der Waals surface area contributed by atoms with Gasteiger partial charge in [0.05, 0.1) is 34.1 Å². The van der Waals surface area contributed by atoms with Gasteiger partial charge in [-0.3, -0.25) is 4.98 Å². The summed E-state index contributed by atoms with van der Waals surface area (Å²) in [5.41, 5.74) is 14.3. The summed E-state index contributed by atoms with van der Waals surface area (Å²) < 4.78 is 6.02. The van der Waals surface area contributed by atoms with Crippen LogP contribution in [0.25, 0.3) is 110 Å². The summed E-state index contributed by atoms with van der Waals surface area (Å²) in [7, 11) is 0. The standard InChI is InChI=1S/C52H30N2O.U/c1-3-16-45-42(13-1)43-14-2-4-17-46(43)52-51(45)53-32-48(54-52)36-25-23-35(24-26-36)38-10-7-9-37(29-38)33-19-21-34(22-20-33)39-11-8-12-40(30-39)41-27-28-50-47(31-41)44-15-5-6-18-49(44)55-50;/h1-29,32H;/q-2;+2. The van der Waals surface area contributed by atoms with Crippen LogP contribution in [-0.4, -0.2) is 9.97 Å². The van der Waals surface area contributed by atoms with Crippen molar-refractivity contribution in [3.05, 3.63) is 194 Å². The van der Waals surface area contributed by atoms with Crippen molar-refractivity contribution in [1.29, 1.82) is 0 Å². The number of benzene rings is 9. The van der Waals surface area contributed by atoms with Crippen LogP contribution >= 0.6 is 0 Å². The molecule has 0 aliphatic heterocycles. The SMILES string of the molecule is [U+2].[c-]1c(-c2[c-]c3c(cc2)oc2ccccc23)cccc1-c1ccc(-c2cccc(-c3ccc(-c4cnc5c6ccccc6c6ccccc6c5n4)cc3)c2)cc1. The Labute approximate surface area is 347 Å². The minimum atomic E-state index is 0. The maximum Gasteiger partial charge on any atom is 2.00 e. The van der Waals surface area contributed by atoms with Gasteiger partial charge in [0.15, 0.2) is 0 Å².